The number of amides is 3. The molecule has 0 radical (unpaired) electrons. The fraction of sp³-hybridized carbons (Fsp3) is 0.720. The first kappa shape index (κ1) is 24.0. The van der Waals surface area contributed by atoms with Crippen LogP contribution in [0.25, 0.3) is 0 Å². The molecule has 4 rings (SSSR count). The third-order valence-electron chi connectivity index (χ3n) is 7.96. The molecule has 2 fully saturated rings. The normalized spacial score (nSPS) is 37.1. The van der Waals surface area contributed by atoms with Gasteiger partial charge >= 0.3 is 0 Å². The molecule has 8 heteroatoms. The van der Waals surface area contributed by atoms with Crippen LogP contribution in [0.4, 0.5) is 0 Å². The SMILES string of the molecule is CC[C@@H](CO)N1C(=O)[C@@H]2[C@H]3C(=O)N(C)CC=C[C@@]3(CC)O[C@@]23C=CCN(C(C)(C)C)C(=O)C13. The maximum atomic E-state index is 14.1. The Morgan fingerprint density at radius 1 is 1.06 bits per heavy atom. The Labute approximate surface area is 196 Å². The number of likely N-dealkylation sites (N-methyl/N-ethyl adjacent to an activating group) is 1. The first-order valence-corrected chi connectivity index (χ1v) is 12.0. The molecule has 8 nitrogen and oxygen atoms in total. The van der Waals surface area contributed by atoms with Crippen LogP contribution in [0, 0.1) is 11.8 Å². The zero-order valence-electron chi connectivity index (χ0n) is 20.6. The van der Waals surface area contributed by atoms with Crippen LogP contribution >= 0.6 is 0 Å². The second-order valence-corrected chi connectivity index (χ2v) is 10.8. The fourth-order valence-electron chi connectivity index (χ4n) is 6.23. The Morgan fingerprint density at radius 2 is 1.73 bits per heavy atom. The van der Waals surface area contributed by atoms with E-state index in [1.54, 1.807) is 16.8 Å². The average Bonchev–Trinajstić information content (AvgIpc) is 3.05. The Bertz CT molecular complexity index is 904. The van der Waals surface area contributed by atoms with Gasteiger partial charge in [0.25, 0.3) is 0 Å². The highest BCUT2D eigenvalue weighted by molar-refractivity contribution is 6.00. The molecule has 0 aliphatic carbocycles. The lowest BCUT2D eigenvalue weighted by Crippen LogP contribution is -2.61. The molecular weight excluding hydrogens is 422 g/mol. The molecule has 4 aliphatic heterocycles. The van der Waals surface area contributed by atoms with Crippen LogP contribution in [0.1, 0.15) is 47.5 Å². The van der Waals surface area contributed by atoms with E-state index in [4.69, 9.17) is 4.74 Å². The molecule has 182 valence electrons. The van der Waals surface area contributed by atoms with E-state index in [0.717, 1.165) is 0 Å². The highest BCUT2D eigenvalue weighted by atomic mass is 16.5. The zero-order valence-corrected chi connectivity index (χ0v) is 20.6. The van der Waals surface area contributed by atoms with Gasteiger partial charge in [-0.05, 0) is 33.6 Å². The topological polar surface area (TPSA) is 90.4 Å². The minimum atomic E-state index is -1.27. The number of likely N-dealkylation sites (tertiary alicyclic amines) is 1. The number of aliphatic hydroxyl groups is 1. The van der Waals surface area contributed by atoms with Gasteiger partial charge in [0.2, 0.25) is 17.7 Å². The third kappa shape index (κ3) is 3.21. The molecule has 1 N–H and O–H groups in total. The average molecular weight is 460 g/mol. The van der Waals surface area contributed by atoms with Crippen LogP contribution in [0.3, 0.4) is 0 Å². The van der Waals surface area contributed by atoms with Crippen molar-refractivity contribution >= 4 is 17.7 Å². The molecule has 0 aromatic carbocycles. The maximum Gasteiger partial charge on any atom is 0.249 e. The van der Waals surface area contributed by atoms with Gasteiger partial charge in [0.05, 0.1) is 30.1 Å². The summed E-state index contributed by atoms with van der Waals surface area (Å²) in [5.41, 5.74) is -2.70. The number of hydrogen-bond acceptors (Lipinski definition) is 5. The van der Waals surface area contributed by atoms with E-state index in [-0.39, 0.29) is 24.3 Å². The van der Waals surface area contributed by atoms with Gasteiger partial charge in [0.1, 0.15) is 11.6 Å². The largest absolute Gasteiger partial charge is 0.394 e. The predicted octanol–water partition coefficient (Wildman–Crippen LogP) is 1.34. The second kappa shape index (κ2) is 7.94. The number of rotatable bonds is 4. The summed E-state index contributed by atoms with van der Waals surface area (Å²) in [6.45, 7) is 10.3. The Hall–Kier alpha value is -2.19. The Morgan fingerprint density at radius 3 is 2.30 bits per heavy atom. The van der Waals surface area contributed by atoms with Crippen molar-refractivity contribution in [3.8, 4) is 0 Å². The van der Waals surface area contributed by atoms with Crippen LogP contribution in [0.2, 0.25) is 0 Å². The van der Waals surface area contributed by atoms with Crippen LogP contribution in [0.5, 0.6) is 0 Å². The van der Waals surface area contributed by atoms with Crippen molar-refractivity contribution in [2.24, 2.45) is 11.8 Å². The van der Waals surface area contributed by atoms with Crippen molar-refractivity contribution in [1.82, 2.24) is 14.7 Å². The van der Waals surface area contributed by atoms with Gasteiger partial charge in [-0.15, -0.1) is 0 Å². The number of ether oxygens (including phenoxy) is 1. The summed E-state index contributed by atoms with van der Waals surface area (Å²) in [6, 6.07) is -1.47. The lowest BCUT2D eigenvalue weighted by molar-refractivity contribution is -0.159. The number of hydrogen-bond donors (Lipinski definition) is 1. The van der Waals surface area contributed by atoms with Crippen molar-refractivity contribution in [3.63, 3.8) is 0 Å². The van der Waals surface area contributed by atoms with Gasteiger partial charge in [-0.1, -0.05) is 38.2 Å². The molecule has 4 heterocycles. The molecule has 0 aromatic heterocycles. The fourth-order valence-corrected chi connectivity index (χ4v) is 6.23. The molecule has 2 saturated heterocycles. The molecule has 4 aliphatic rings. The van der Waals surface area contributed by atoms with E-state index in [2.05, 4.69) is 0 Å². The summed E-state index contributed by atoms with van der Waals surface area (Å²) in [6.07, 6.45) is 8.61. The summed E-state index contributed by atoms with van der Waals surface area (Å²) in [4.78, 5) is 46.8. The summed E-state index contributed by atoms with van der Waals surface area (Å²) < 4.78 is 6.85. The van der Waals surface area contributed by atoms with Crippen molar-refractivity contribution < 1.29 is 24.2 Å². The summed E-state index contributed by atoms with van der Waals surface area (Å²) >= 11 is 0. The van der Waals surface area contributed by atoms with Crippen molar-refractivity contribution in [2.45, 2.75) is 76.3 Å². The summed E-state index contributed by atoms with van der Waals surface area (Å²) in [5.74, 6) is -2.20. The zero-order chi connectivity index (χ0) is 24.3. The van der Waals surface area contributed by atoms with E-state index in [1.807, 2.05) is 58.9 Å². The van der Waals surface area contributed by atoms with Gasteiger partial charge in [-0.25, -0.2) is 0 Å². The van der Waals surface area contributed by atoms with Gasteiger partial charge in [-0.2, -0.15) is 0 Å². The highest BCUT2D eigenvalue weighted by Gasteiger charge is 2.75. The molecule has 0 aromatic rings. The quantitative estimate of drug-likeness (QED) is 0.641. The summed E-state index contributed by atoms with van der Waals surface area (Å²) in [5, 5.41) is 10.1. The van der Waals surface area contributed by atoms with Crippen LogP contribution in [-0.4, -0.2) is 93.1 Å². The van der Waals surface area contributed by atoms with Crippen molar-refractivity contribution in [2.75, 3.05) is 26.7 Å². The molecule has 6 atom stereocenters. The number of aliphatic hydroxyl groups excluding tert-OH is 1. The van der Waals surface area contributed by atoms with Crippen molar-refractivity contribution in [1.29, 1.82) is 0 Å². The molecule has 1 spiro atoms. The summed E-state index contributed by atoms with van der Waals surface area (Å²) in [7, 11) is 1.73. The monoisotopic (exact) mass is 459 g/mol. The third-order valence-corrected chi connectivity index (χ3v) is 7.96. The van der Waals surface area contributed by atoms with Crippen molar-refractivity contribution in [3.05, 3.63) is 24.3 Å². The first-order chi connectivity index (χ1) is 15.5. The van der Waals surface area contributed by atoms with E-state index >= 15 is 0 Å². The lowest BCUT2D eigenvalue weighted by Gasteiger charge is -2.43. The van der Waals surface area contributed by atoms with E-state index in [9.17, 15) is 19.5 Å². The van der Waals surface area contributed by atoms with Gasteiger partial charge in [0, 0.05) is 25.7 Å². The van der Waals surface area contributed by atoms with E-state index in [1.165, 1.54) is 4.90 Å². The van der Waals surface area contributed by atoms with Crippen LogP contribution in [-0.2, 0) is 19.1 Å². The number of nitrogens with zero attached hydrogens (tertiary/aromatic N) is 3. The minimum absolute atomic E-state index is 0.146. The minimum Gasteiger partial charge on any atom is -0.394 e. The van der Waals surface area contributed by atoms with Gasteiger partial charge in [-0.3, -0.25) is 14.4 Å². The smallest absolute Gasteiger partial charge is 0.249 e. The highest BCUT2D eigenvalue weighted by Crippen LogP contribution is 2.59. The molecule has 0 bridgehead atoms. The van der Waals surface area contributed by atoms with E-state index < -0.39 is 40.7 Å². The van der Waals surface area contributed by atoms with Crippen LogP contribution in [0.15, 0.2) is 24.3 Å². The number of carbonyl (C=O) groups is 3. The number of fused-ring (bicyclic) bond motifs is 2. The van der Waals surface area contributed by atoms with Gasteiger partial charge < -0.3 is 24.5 Å². The lowest BCUT2D eigenvalue weighted by atomic mass is 9.73. The first-order valence-electron chi connectivity index (χ1n) is 12.0. The molecular formula is C25H37N3O5. The number of carbonyl (C=O) groups excluding carboxylic acids is 3. The molecule has 33 heavy (non-hydrogen) atoms. The van der Waals surface area contributed by atoms with Gasteiger partial charge in [0.15, 0.2) is 0 Å². The Balaban J connectivity index is 1.95. The van der Waals surface area contributed by atoms with Crippen LogP contribution < -0.4 is 0 Å². The Kier molecular flexibility index (Phi) is 5.77. The molecule has 0 saturated carbocycles. The molecule has 1 unspecified atom stereocenters. The predicted molar refractivity (Wildman–Crippen MR) is 123 cm³/mol. The second-order valence-electron chi connectivity index (χ2n) is 10.8. The standard InChI is InChI=1S/C25H37N3O5/c1-7-16(15-29)28-19-22(32)27(23(3,4)5)14-10-12-25(19)18(21(28)31)17-20(30)26(6)13-9-11-24(17,8-2)33-25/h9-12,16-19,29H,7-8,13-15H2,1-6H3/t16-,17-,18-,19?,24+,25-/m0/s1. The molecule has 3 amide bonds. The maximum absolute atomic E-state index is 14.1. The van der Waals surface area contributed by atoms with E-state index in [0.29, 0.717) is 25.9 Å².